The molecule has 0 fully saturated rings. The Bertz CT molecular complexity index is 857. The normalized spacial score (nSPS) is 11.5. The van der Waals surface area contributed by atoms with Crippen molar-refractivity contribution in [1.82, 2.24) is 10.2 Å². The molecule has 0 heterocycles. The molecule has 0 spiro atoms. The largest absolute Gasteiger partial charge is 0.497 e. The van der Waals surface area contributed by atoms with Gasteiger partial charge < -0.3 is 19.7 Å². The Morgan fingerprint density at radius 2 is 1.75 bits per heavy atom. The van der Waals surface area contributed by atoms with Crippen LogP contribution in [0.2, 0.25) is 5.02 Å². The van der Waals surface area contributed by atoms with E-state index in [4.69, 9.17) is 21.1 Å². The Morgan fingerprint density at radius 1 is 1.06 bits per heavy atom. The number of ether oxygens (including phenoxy) is 2. The van der Waals surface area contributed by atoms with Gasteiger partial charge in [0, 0.05) is 24.5 Å². The molecule has 0 aliphatic heterocycles. The van der Waals surface area contributed by atoms with Gasteiger partial charge in [-0.3, -0.25) is 9.59 Å². The second kappa shape index (κ2) is 13.6. The van der Waals surface area contributed by atoms with E-state index in [9.17, 15) is 9.59 Å². The third-order valence-corrected chi connectivity index (χ3v) is 5.53. The maximum absolute atomic E-state index is 13.1. The van der Waals surface area contributed by atoms with Crippen molar-refractivity contribution >= 4 is 23.4 Å². The van der Waals surface area contributed by atoms with Crippen LogP contribution >= 0.6 is 11.6 Å². The molecule has 0 unspecified atom stereocenters. The number of unbranched alkanes of at least 4 members (excludes halogenated alkanes) is 1. The van der Waals surface area contributed by atoms with E-state index in [1.807, 2.05) is 42.5 Å². The van der Waals surface area contributed by atoms with Crippen molar-refractivity contribution in [1.29, 1.82) is 0 Å². The van der Waals surface area contributed by atoms with Crippen LogP contribution in [-0.4, -0.2) is 43.0 Å². The van der Waals surface area contributed by atoms with E-state index in [1.54, 1.807) is 25.0 Å². The van der Waals surface area contributed by atoms with Crippen LogP contribution in [0.3, 0.4) is 0 Å². The summed E-state index contributed by atoms with van der Waals surface area (Å²) in [6.45, 7) is 5.10. The van der Waals surface area contributed by atoms with E-state index >= 15 is 0 Å². The second-order valence-electron chi connectivity index (χ2n) is 7.56. The van der Waals surface area contributed by atoms with Gasteiger partial charge in [0.1, 0.15) is 17.5 Å². The van der Waals surface area contributed by atoms with Gasteiger partial charge in [0.15, 0.2) is 0 Å². The summed E-state index contributed by atoms with van der Waals surface area (Å²) in [6.07, 6.45) is 2.70. The fraction of sp³-hybridized carbons (Fsp3) is 0.440. The van der Waals surface area contributed by atoms with Crippen molar-refractivity contribution in [2.75, 3.05) is 20.3 Å². The van der Waals surface area contributed by atoms with Crippen molar-refractivity contribution in [3.05, 3.63) is 59.1 Å². The number of hydrogen-bond acceptors (Lipinski definition) is 4. The molecule has 2 amide bonds. The molecule has 0 saturated carbocycles. The highest BCUT2D eigenvalue weighted by molar-refractivity contribution is 6.31. The van der Waals surface area contributed by atoms with Crippen LogP contribution < -0.4 is 14.8 Å². The fourth-order valence-electron chi connectivity index (χ4n) is 3.16. The lowest BCUT2D eigenvalue weighted by molar-refractivity contribution is -0.140. The standard InChI is InChI=1S/C25H33ClN2O4/c1-4-5-16-27-25(30)19(2)28(18-20-9-6-7-10-23(20)26)24(29)11-8-17-32-22-14-12-21(31-3)13-15-22/h6-7,9-10,12-15,19H,4-5,8,11,16-18H2,1-3H3,(H,27,30)/t19-/m0/s1. The molecule has 1 atom stereocenters. The van der Waals surface area contributed by atoms with Gasteiger partial charge in [-0.2, -0.15) is 0 Å². The van der Waals surface area contributed by atoms with Crippen LogP contribution in [0.15, 0.2) is 48.5 Å². The van der Waals surface area contributed by atoms with Gasteiger partial charge in [0.2, 0.25) is 11.8 Å². The molecule has 0 aromatic heterocycles. The Hall–Kier alpha value is -2.73. The van der Waals surface area contributed by atoms with Gasteiger partial charge in [-0.1, -0.05) is 43.1 Å². The third kappa shape index (κ3) is 8.08. The number of carbonyl (C=O) groups excluding carboxylic acids is 2. The molecule has 32 heavy (non-hydrogen) atoms. The molecule has 0 bridgehead atoms. The summed E-state index contributed by atoms with van der Waals surface area (Å²) in [4.78, 5) is 27.3. The molecule has 0 aliphatic carbocycles. The summed E-state index contributed by atoms with van der Waals surface area (Å²) in [5, 5.41) is 3.49. The van der Waals surface area contributed by atoms with Gasteiger partial charge in [-0.05, 0) is 55.7 Å². The predicted octanol–water partition coefficient (Wildman–Crippen LogP) is 4.84. The first kappa shape index (κ1) is 25.5. The van der Waals surface area contributed by atoms with Gasteiger partial charge >= 0.3 is 0 Å². The molecule has 1 N–H and O–H groups in total. The van der Waals surface area contributed by atoms with E-state index in [-0.39, 0.29) is 24.8 Å². The first-order valence-electron chi connectivity index (χ1n) is 11.0. The summed E-state index contributed by atoms with van der Waals surface area (Å²) < 4.78 is 10.9. The molecule has 2 aromatic carbocycles. The zero-order chi connectivity index (χ0) is 23.3. The molecule has 2 aromatic rings. The van der Waals surface area contributed by atoms with Gasteiger partial charge in [0.25, 0.3) is 0 Å². The molecule has 0 aliphatic rings. The number of carbonyl (C=O) groups is 2. The predicted molar refractivity (Wildman–Crippen MR) is 127 cm³/mol. The van der Waals surface area contributed by atoms with Crippen LogP contribution in [0.1, 0.15) is 45.1 Å². The van der Waals surface area contributed by atoms with E-state index in [1.165, 1.54) is 0 Å². The van der Waals surface area contributed by atoms with Crippen molar-refractivity contribution in [2.45, 2.75) is 52.1 Å². The lowest BCUT2D eigenvalue weighted by atomic mass is 10.1. The molecule has 6 nitrogen and oxygen atoms in total. The summed E-state index contributed by atoms with van der Waals surface area (Å²) >= 11 is 6.31. The summed E-state index contributed by atoms with van der Waals surface area (Å²) in [6, 6.07) is 14.1. The first-order valence-corrected chi connectivity index (χ1v) is 11.4. The van der Waals surface area contributed by atoms with Crippen molar-refractivity contribution in [2.24, 2.45) is 0 Å². The quantitative estimate of drug-likeness (QED) is 0.434. The molecule has 7 heteroatoms. The zero-order valence-electron chi connectivity index (χ0n) is 19.1. The van der Waals surface area contributed by atoms with Crippen LogP contribution in [-0.2, 0) is 16.1 Å². The monoisotopic (exact) mass is 460 g/mol. The molecule has 0 saturated heterocycles. The number of nitrogens with zero attached hydrogens (tertiary/aromatic N) is 1. The molecule has 174 valence electrons. The average Bonchev–Trinajstić information content (AvgIpc) is 2.81. The van der Waals surface area contributed by atoms with Crippen molar-refractivity contribution < 1.29 is 19.1 Å². The van der Waals surface area contributed by atoms with Gasteiger partial charge in [-0.25, -0.2) is 0 Å². The number of amides is 2. The lowest BCUT2D eigenvalue weighted by Gasteiger charge is -2.29. The van der Waals surface area contributed by atoms with Crippen molar-refractivity contribution in [3.63, 3.8) is 0 Å². The highest BCUT2D eigenvalue weighted by Gasteiger charge is 2.26. The first-order chi connectivity index (χ1) is 15.5. The molecule has 0 radical (unpaired) electrons. The highest BCUT2D eigenvalue weighted by atomic mass is 35.5. The maximum atomic E-state index is 13.1. The minimum absolute atomic E-state index is 0.110. The minimum atomic E-state index is -0.599. The van der Waals surface area contributed by atoms with Crippen LogP contribution in [0.4, 0.5) is 0 Å². The summed E-state index contributed by atoms with van der Waals surface area (Å²) in [7, 11) is 1.61. The van der Waals surface area contributed by atoms with E-state index in [2.05, 4.69) is 12.2 Å². The van der Waals surface area contributed by atoms with Gasteiger partial charge in [0.05, 0.1) is 13.7 Å². The molecular weight excluding hydrogens is 428 g/mol. The third-order valence-electron chi connectivity index (χ3n) is 5.16. The molecule has 2 rings (SSSR count). The zero-order valence-corrected chi connectivity index (χ0v) is 19.9. The number of rotatable bonds is 13. The Morgan fingerprint density at radius 3 is 2.41 bits per heavy atom. The van der Waals surface area contributed by atoms with Crippen LogP contribution in [0.25, 0.3) is 0 Å². The van der Waals surface area contributed by atoms with E-state index < -0.39 is 6.04 Å². The number of halogens is 1. The van der Waals surface area contributed by atoms with E-state index in [0.29, 0.717) is 24.6 Å². The SMILES string of the molecule is CCCCNC(=O)[C@H](C)N(Cc1ccccc1Cl)C(=O)CCCOc1ccc(OC)cc1. The summed E-state index contributed by atoms with van der Waals surface area (Å²) in [5.41, 5.74) is 0.810. The second-order valence-corrected chi connectivity index (χ2v) is 7.97. The number of benzene rings is 2. The molecular formula is C25H33ClN2O4. The van der Waals surface area contributed by atoms with Crippen LogP contribution in [0, 0.1) is 0 Å². The summed E-state index contributed by atoms with van der Waals surface area (Å²) in [5.74, 6) is 1.21. The van der Waals surface area contributed by atoms with Crippen LogP contribution in [0.5, 0.6) is 11.5 Å². The maximum Gasteiger partial charge on any atom is 0.242 e. The topological polar surface area (TPSA) is 67.9 Å². The number of methoxy groups -OCH3 is 1. The minimum Gasteiger partial charge on any atom is -0.497 e. The van der Waals surface area contributed by atoms with Gasteiger partial charge in [-0.15, -0.1) is 0 Å². The number of nitrogens with one attached hydrogen (secondary N) is 1. The lowest BCUT2D eigenvalue weighted by Crippen LogP contribution is -2.47. The highest BCUT2D eigenvalue weighted by Crippen LogP contribution is 2.20. The van der Waals surface area contributed by atoms with E-state index in [0.717, 1.165) is 29.9 Å². The Labute approximate surface area is 195 Å². The Balaban J connectivity index is 1.97. The average molecular weight is 461 g/mol. The van der Waals surface area contributed by atoms with Crippen molar-refractivity contribution in [3.8, 4) is 11.5 Å². The smallest absolute Gasteiger partial charge is 0.242 e. The Kier molecular flexibility index (Phi) is 10.9. The fourth-order valence-corrected chi connectivity index (χ4v) is 3.35. The number of hydrogen-bond donors (Lipinski definition) is 1.